The minimum atomic E-state index is -0.650. The van der Waals surface area contributed by atoms with Gasteiger partial charge in [-0.2, -0.15) is 0 Å². The normalized spacial score (nSPS) is 10.3. The maximum absolute atomic E-state index is 12.8. The van der Waals surface area contributed by atoms with Gasteiger partial charge >= 0.3 is 0 Å². The van der Waals surface area contributed by atoms with Gasteiger partial charge in [0.2, 0.25) is 0 Å². The summed E-state index contributed by atoms with van der Waals surface area (Å²) in [5.74, 6) is 0.779. The van der Waals surface area contributed by atoms with Crippen LogP contribution in [-0.4, -0.2) is 58.2 Å². The number of hydrogen-bond donors (Lipinski definition) is 1. The van der Waals surface area contributed by atoms with Crippen molar-refractivity contribution < 1.29 is 28.5 Å². The van der Waals surface area contributed by atoms with Gasteiger partial charge in [-0.25, -0.2) is 0 Å². The Labute approximate surface area is 180 Å². The second-order valence-electron chi connectivity index (χ2n) is 6.41. The van der Waals surface area contributed by atoms with Crippen molar-refractivity contribution in [2.45, 2.75) is 6.42 Å². The maximum Gasteiger partial charge on any atom is 0.255 e. The van der Waals surface area contributed by atoms with E-state index in [0.717, 1.165) is 5.56 Å². The summed E-state index contributed by atoms with van der Waals surface area (Å²) in [6, 6.07) is 8.60. The molecule has 0 bridgehead atoms. The highest BCUT2D eigenvalue weighted by atomic mass is 35.5. The third-order valence-electron chi connectivity index (χ3n) is 4.37. The van der Waals surface area contributed by atoms with Gasteiger partial charge in [0.15, 0.2) is 29.6 Å². The van der Waals surface area contributed by atoms with Gasteiger partial charge in [0.1, 0.15) is 0 Å². The molecule has 30 heavy (non-hydrogen) atoms. The standard InChI is InChI=1S/C21H25ClN2O6/c1-24(8-7-13-5-6-16(27-2)17(9-13)28-3)21(26)14-10-15(22)20(18(11-14)29-4)30-12-19(23)25/h5-6,9-11H,7-8,12H2,1-4H3,(H2,23,25). The summed E-state index contributed by atoms with van der Waals surface area (Å²) in [4.78, 5) is 25.4. The first-order valence-corrected chi connectivity index (χ1v) is 9.43. The summed E-state index contributed by atoms with van der Waals surface area (Å²) < 4.78 is 21.1. The zero-order chi connectivity index (χ0) is 22.3. The fourth-order valence-corrected chi connectivity index (χ4v) is 3.05. The van der Waals surface area contributed by atoms with Crippen LogP contribution in [0.15, 0.2) is 30.3 Å². The number of rotatable bonds is 10. The van der Waals surface area contributed by atoms with Crippen molar-refractivity contribution in [2.75, 3.05) is 41.5 Å². The van der Waals surface area contributed by atoms with Crippen molar-refractivity contribution >= 4 is 23.4 Å². The molecule has 8 nitrogen and oxygen atoms in total. The molecule has 0 aliphatic heterocycles. The van der Waals surface area contributed by atoms with Crippen molar-refractivity contribution in [2.24, 2.45) is 5.73 Å². The van der Waals surface area contributed by atoms with Crippen LogP contribution in [0.25, 0.3) is 0 Å². The zero-order valence-electron chi connectivity index (χ0n) is 17.4. The molecular formula is C21H25ClN2O6. The van der Waals surface area contributed by atoms with Gasteiger partial charge in [-0.1, -0.05) is 17.7 Å². The van der Waals surface area contributed by atoms with E-state index in [9.17, 15) is 9.59 Å². The van der Waals surface area contributed by atoms with Gasteiger partial charge in [0.05, 0.1) is 26.4 Å². The van der Waals surface area contributed by atoms with Gasteiger partial charge in [-0.05, 0) is 36.2 Å². The van der Waals surface area contributed by atoms with Crippen molar-refractivity contribution in [3.8, 4) is 23.0 Å². The molecule has 2 amide bonds. The predicted molar refractivity (Wildman–Crippen MR) is 113 cm³/mol. The molecule has 2 rings (SSSR count). The molecule has 0 fully saturated rings. The van der Waals surface area contributed by atoms with E-state index in [4.69, 9.17) is 36.3 Å². The van der Waals surface area contributed by atoms with Gasteiger partial charge in [-0.3, -0.25) is 9.59 Å². The largest absolute Gasteiger partial charge is 0.493 e. The Balaban J connectivity index is 2.12. The summed E-state index contributed by atoms with van der Waals surface area (Å²) >= 11 is 6.23. The van der Waals surface area contributed by atoms with Crippen LogP contribution in [0.3, 0.4) is 0 Å². The van der Waals surface area contributed by atoms with E-state index in [1.54, 1.807) is 26.2 Å². The van der Waals surface area contributed by atoms with Crippen molar-refractivity contribution in [3.05, 3.63) is 46.5 Å². The van der Waals surface area contributed by atoms with Crippen molar-refractivity contribution in [1.29, 1.82) is 0 Å². The number of carbonyl (C=O) groups is 2. The lowest BCUT2D eigenvalue weighted by atomic mass is 10.1. The monoisotopic (exact) mass is 436 g/mol. The van der Waals surface area contributed by atoms with Gasteiger partial charge in [0, 0.05) is 19.2 Å². The summed E-state index contributed by atoms with van der Waals surface area (Å²) in [5, 5.41) is 0.146. The molecule has 0 radical (unpaired) electrons. The number of halogens is 1. The van der Waals surface area contributed by atoms with Crippen molar-refractivity contribution in [3.63, 3.8) is 0 Å². The number of benzene rings is 2. The number of hydrogen-bond acceptors (Lipinski definition) is 6. The smallest absolute Gasteiger partial charge is 0.255 e. The number of carbonyl (C=O) groups excluding carboxylic acids is 2. The van der Waals surface area contributed by atoms with Gasteiger partial charge in [-0.15, -0.1) is 0 Å². The molecule has 9 heteroatoms. The number of nitrogens with zero attached hydrogens (tertiary/aromatic N) is 1. The predicted octanol–water partition coefficient (Wildman–Crippen LogP) is 2.54. The minimum absolute atomic E-state index is 0.146. The molecule has 2 aromatic carbocycles. The van der Waals surface area contributed by atoms with Crippen LogP contribution in [-0.2, 0) is 11.2 Å². The van der Waals surface area contributed by atoms with Gasteiger partial charge in [0.25, 0.3) is 11.8 Å². The molecule has 0 spiro atoms. The average Bonchev–Trinajstić information content (AvgIpc) is 2.74. The zero-order valence-corrected chi connectivity index (χ0v) is 18.1. The SMILES string of the molecule is COc1ccc(CCN(C)C(=O)c2cc(Cl)c(OCC(N)=O)c(OC)c2)cc1OC. The maximum atomic E-state index is 12.8. The summed E-state index contributed by atoms with van der Waals surface area (Å²) in [5.41, 5.74) is 6.42. The lowest BCUT2D eigenvalue weighted by Crippen LogP contribution is -2.29. The highest BCUT2D eigenvalue weighted by Crippen LogP contribution is 2.36. The molecule has 0 saturated heterocycles. The number of methoxy groups -OCH3 is 3. The first kappa shape index (κ1) is 23.2. The quantitative estimate of drug-likeness (QED) is 0.614. The van der Waals surface area contributed by atoms with E-state index < -0.39 is 5.91 Å². The van der Waals surface area contributed by atoms with E-state index in [-0.39, 0.29) is 29.0 Å². The second kappa shape index (κ2) is 10.6. The molecule has 0 unspecified atom stereocenters. The third kappa shape index (κ3) is 5.70. The molecule has 0 aliphatic carbocycles. The molecule has 0 atom stereocenters. The molecule has 162 valence electrons. The Kier molecular flexibility index (Phi) is 8.17. The fourth-order valence-electron chi connectivity index (χ4n) is 2.78. The van der Waals surface area contributed by atoms with Crippen LogP contribution in [0, 0.1) is 0 Å². The van der Waals surface area contributed by atoms with E-state index >= 15 is 0 Å². The Morgan fingerprint density at radius 2 is 1.67 bits per heavy atom. The Bertz CT molecular complexity index is 919. The highest BCUT2D eigenvalue weighted by molar-refractivity contribution is 6.32. The summed E-state index contributed by atoms with van der Waals surface area (Å²) in [7, 11) is 6.26. The van der Waals surface area contributed by atoms with Crippen LogP contribution in [0.1, 0.15) is 15.9 Å². The highest BCUT2D eigenvalue weighted by Gasteiger charge is 2.19. The summed E-state index contributed by atoms with van der Waals surface area (Å²) in [6.45, 7) is 0.114. The van der Waals surface area contributed by atoms with Crippen LogP contribution < -0.4 is 24.7 Å². The molecule has 2 N–H and O–H groups in total. The molecule has 0 heterocycles. The second-order valence-corrected chi connectivity index (χ2v) is 6.82. The number of nitrogens with two attached hydrogens (primary N) is 1. The molecule has 0 aliphatic rings. The molecule has 2 aromatic rings. The number of primary amides is 1. The van der Waals surface area contributed by atoms with Crippen LogP contribution in [0.5, 0.6) is 23.0 Å². The average molecular weight is 437 g/mol. The van der Waals surface area contributed by atoms with Crippen LogP contribution in [0.4, 0.5) is 0 Å². The molecule has 0 saturated carbocycles. The first-order valence-electron chi connectivity index (χ1n) is 9.05. The minimum Gasteiger partial charge on any atom is -0.493 e. The summed E-state index contributed by atoms with van der Waals surface area (Å²) in [6.07, 6.45) is 0.618. The van der Waals surface area contributed by atoms with E-state index in [1.165, 1.54) is 19.2 Å². The molecule has 0 aromatic heterocycles. The number of likely N-dealkylation sites (N-methyl/N-ethyl adjacent to an activating group) is 1. The Morgan fingerprint density at radius 1 is 1.00 bits per heavy atom. The fraction of sp³-hybridized carbons (Fsp3) is 0.333. The number of amides is 2. The van der Waals surface area contributed by atoms with E-state index in [1.807, 2.05) is 18.2 Å². The Morgan fingerprint density at radius 3 is 2.27 bits per heavy atom. The molecular weight excluding hydrogens is 412 g/mol. The van der Waals surface area contributed by atoms with Crippen LogP contribution >= 0.6 is 11.6 Å². The topological polar surface area (TPSA) is 100 Å². The van der Waals surface area contributed by atoms with Gasteiger partial charge < -0.3 is 29.6 Å². The number of ether oxygens (including phenoxy) is 4. The van der Waals surface area contributed by atoms with Crippen molar-refractivity contribution in [1.82, 2.24) is 4.90 Å². The van der Waals surface area contributed by atoms with E-state index in [2.05, 4.69) is 0 Å². The Hall–Kier alpha value is -3.13. The van der Waals surface area contributed by atoms with Crippen LogP contribution in [0.2, 0.25) is 5.02 Å². The van der Waals surface area contributed by atoms with E-state index in [0.29, 0.717) is 30.0 Å². The first-order chi connectivity index (χ1) is 14.3. The lowest BCUT2D eigenvalue weighted by Gasteiger charge is -2.19. The lowest BCUT2D eigenvalue weighted by molar-refractivity contribution is -0.119. The third-order valence-corrected chi connectivity index (χ3v) is 4.65.